The molecule has 120 valence electrons. The van der Waals surface area contributed by atoms with Gasteiger partial charge in [-0.1, -0.05) is 0 Å². The lowest BCUT2D eigenvalue weighted by Gasteiger charge is -2.33. The van der Waals surface area contributed by atoms with E-state index in [0.29, 0.717) is 13.2 Å². The zero-order valence-corrected chi connectivity index (χ0v) is 13.0. The topological polar surface area (TPSA) is 84.9 Å². The Bertz CT molecular complexity index is 529. The highest BCUT2D eigenvalue weighted by atomic mass is 16.6. The van der Waals surface area contributed by atoms with E-state index in [1.165, 1.54) is 28.6 Å². The lowest BCUT2D eigenvalue weighted by atomic mass is 10.2. The van der Waals surface area contributed by atoms with Crippen LogP contribution in [-0.4, -0.2) is 63.9 Å². The minimum absolute atomic E-state index is 0.165. The maximum Gasteiger partial charge on any atom is 0.429 e. The second-order valence-corrected chi connectivity index (χ2v) is 5.73. The number of aromatic nitrogens is 2. The third-order valence-electron chi connectivity index (χ3n) is 2.81. The Labute approximate surface area is 129 Å². The number of hydrogen-bond acceptors (Lipinski definition) is 6. The van der Waals surface area contributed by atoms with Crippen LogP contribution in [0.4, 0.5) is 4.79 Å². The Hall–Kier alpha value is -2.22. The molecule has 1 aromatic rings. The summed E-state index contributed by atoms with van der Waals surface area (Å²) in [4.78, 5) is 32.7. The van der Waals surface area contributed by atoms with E-state index >= 15 is 0 Å². The fourth-order valence-electron chi connectivity index (χ4n) is 1.90. The number of amides is 2. The summed E-state index contributed by atoms with van der Waals surface area (Å²) in [6, 6.07) is 0. The number of hydrazine groups is 1. The molecule has 8 heteroatoms. The average Bonchev–Trinajstić information content (AvgIpc) is 2.71. The van der Waals surface area contributed by atoms with Crippen LogP contribution in [0.1, 0.15) is 31.3 Å². The molecule has 22 heavy (non-hydrogen) atoms. The van der Waals surface area contributed by atoms with Crippen molar-refractivity contribution in [1.29, 1.82) is 0 Å². The molecular formula is C14H20N4O4. The molecule has 0 spiro atoms. The molecular weight excluding hydrogens is 288 g/mol. The van der Waals surface area contributed by atoms with Gasteiger partial charge in [0.2, 0.25) is 0 Å². The first-order chi connectivity index (χ1) is 10.4. The molecule has 1 saturated heterocycles. The van der Waals surface area contributed by atoms with Gasteiger partial charge in [-0.15, -0.1) is 0 Å². The molecule has 2 heterocycles. The third-order valence-corrected chi connectivity index (χ3v) is 2.81. The van der Waals surface area contributed by atoms with Crippen LogP contribution >= 0.6 is 0 Å². The molecule has 0 atom stereocenters. The lowest BCUT2D eigenvalue weighted by Crippen LogP contribution is -2.52. The van der Waals surface area contributed by atoms with Crippen LogP contribution in [0.25, 0.3) is 0 Å². The number of carbonyl (C=O) groups is 2. The SMILES string of the molecule is CC(C)(C)OC(=O)N1CCOCCN1C(=O)c1cnccn1. The van der Waals surface area contributed by atoms with Gasteiger partial charge in [-0.2, -0.15) is 0 Å². The monoisotopic (exact) mass is 308 g/mol. The molecule has 0 bridgehead atoms. The van der Waals surface area contributed by atoms with Crippen LogP contribution < -0.4 is 0 Å². The molecule has 1 aliphatic rings. The first-order valence-corrected chi connectivity index (χ1v) is 7.04. The van der Waals surface area contributed by atoms with E-state index < -0.39 is 17.6 Å². The van der Waals surface area contributed by atoms with Crippen LogP contribution in [0.2, 0.25) is 0 Å². The molecule has 0 aliphatic carbocycles. The van der Waals surface area contributed by atoms with Crippen LogP contribution in [0.15, 0.2) is 18.6 Å². The van der Waals surface area contributed by atoms with Gasteiger partial charge in [-0.3, -0.25) is 9.78 Å². The summed E-state index contributed by atoms with van der Waals surface area (Å²) in [5.41, 5.74) is -0.483. The van der Waals surface area contributed by atoms with E-state index in [-0.39, 0.29) is 18.8 Å². The zero-order chi connectivity index (χ0) is 16.2. The minimum atomic E-state index is -0.647. The van der Waals surface area contributed by atoms with Gasteiger partial charge in [-0.05, 0) is 20.8 Å². The minimum Gasteiger partial charge on any atom is -0.442 e. The lowest BCUT2D eigenvalue weighted by molar-refractivity contribution is -0.0338. The molecule has 0 N–H and O–H groups in total. The van der Waals surface area contributed by atoms with Crippen molar-refractivity contribution in [3.63, 3.8) is 0 Å². The smallest absolute Gasteiger partial charge is 0.429 e. The standard InChI is InChI=1S/C14H20N4O4/c1-14(2,3)22-13(20)18-7-9-21-8-6-17(18)12(19)11-10-15-4-5-16-11/h4-5,10H,6-9H2,1-3H3. The predicted molar refractivity (Wildman–Crippen MR) is 76.8 cm³/mol. The highest BCUT2D eigenvalue weighted by Gasteiger charge is 2.32. The zero-order valence-electron chi connectivity index (χ0n) is 13.0. The Balaban J connectivity index is 2.21. The van der Waals surface area contributed by atoms with Crippen LogP contribution in [0, 0.1) is 0 Å². The molecule has 0 radical (unpaired) electrons. The van der Waals surface area contributed by atoms with Gasteiger partial charge in [0, 0.05) is 12.4 Å². The largest absolute Gasteiger partial charge is 0.442 e. The molecule has 1 fully saturated rings. The molecule has 2 rings (SSSR count). The predicted octanol–water partition coefficient (Wildman–Crippen LogP) is 1.10. The third kappa shape index (κ3) is 4.14. The average molecular weight is 308 g/mol. The highest BCUT2D eigenvalue weighted by molar-refractivity contribution is 5.92. The maximum absolute atomic E-state index is 12.6. The summed E-state index contributed by atoms with van der Waals surface area (Å²) in [6.45, 7) is 6.47. The van der Waals surface area contributed by atoms with E-state index in [4.69, 9.17) is 9.47 Å². The summed E-state index contributed by atoms with van der Waals surface area (Å²) in [7, 11) is 0. The van der Waals surface area contributed by atoms with Gasteiger partial charge in [0.1, 0.15) is 11.3 Å². The van der Waals surface area contributed by atoms with Crippen molar-refractivity contribution >= 4 is 12.0 Å². The van der Waals surface area contributed by atoms with Crippen LogP contribution in [-0.2, 0) is 9.47 Å². The second-order valence-electron chi connectivity index (χ2n) is 5.73. The summed E-state index contributed by atoms with van der Waals surface area (Å²) < 4.78 is 10.7. The Morgan fingerprint density at radius 3 is 2.45 bits per heavy atom. The van der Waals surface area contributed by atoms with E-state index in [9.17, 15) is 9.59 Å². The number of hydrogen-bond donors (Lipinski definition) is 0. The van der Waals surface area contributed by atoms with Crippen molar-refractivity contribution < 1.29 is 19.1 Å². The van der Waals surface area contributed by atoms with Crippen molar-refractivity contribution in [1.82, 2.24) is 20.0 Å². The van der Waals surface area contributed by atoms with Crippen molar-refractivity contribution in [2.45, 2.75) is 26.4 Å². The van der Waals surface area contributed by atoms with Crippen LogP contribution in [0.5, 0.6) is 0 Å². The Morgan fingerprint density at radius 1 is 1.18 bits per heavy atom. The molecule has 2 amide bonds. The van der Waals surface area contributed by atoms with Gasteiger partial charge in [0.15, 0.2) is 0 Å². The normalized spacial score (nSPS) is 16.1. The van der Waals surface area contributed by atoms with Crippen molar-refractivity contribution in [3.8, 4) is 0 Å². The second kappa shape index (κ2) is 6.69. The van der Waals surface area contributed by atoms with Crippen molar-refractivity contribution in [2.24, 2.45) is 0 Å². The Kier molecular flexibility index (Phi) is 4.92. The number of carbonyl (C=O) groups excluding carboxylic acids is 2. The van der Waals surface area contributed by atoms with Gasteiger partial charge < -0.3 is 9.47 Å². The van der Waals surface area contributed by atoms with E-state index in [1.807, 2.05) is 0 Å². The van der Waals surface area contributed by atoms with Gasteiger partial charge in [0.25, 0.3) is 5.91 Å². The quantitative estimate of drug-likeness (QED) is 0.772. The van der Waals surface area contributed by atoms with Gasteiger partial charge >= 0.3 is 6.09 Å². The number of rotatable bonds is 1. The summed E-state index contributed by atoms with van der Waals surface area (Å²) in [5, 5.41) is 2.56. The summed E-state index contributed by atoms with van der Waals surface area (Å²) in [6.07, 6.45) is 3.68. The fourth-order valence-corrected chi connectivity index (χ4v) is 1.90. The summed E-state index contributed by atoms with van der Waals surface area (Å²) >= 11 is 0. The maximum atomic E-state index is 12.6. The van der Waals surface area contributed by atoms with Crippen molar-refractivity contribution in [3.05, 3.63) is 24.3 Å². The van der Waals surface area contributed by atoms with Crippen LogP contribution in [0.3, 0.4) is 0 Å². The van der Waals surface area contributed by atoms with Gasteiger partial charge in [0.05, 0.1) is 32.5 Å². The number of ether oxygens (including phenoxy) is 2. The fraction of sp³-hybridized carbons (Fsp3) is 0.571. The van der Waals surface area contributed by atoms with E-state index in [2.05, 4.69) is 9.97 Å². The molecule has 1 aromatic heterocycles. The Morgan fingerprint density at radius 2 is 1.86 bits per heavy atom. The number of nitrogens with zero attached hydrogens (tertiary/aromatic N) is 4. The van der Waals surface area contributed by atoms with E-state index in [1.54, 1.807) is 20.8 Å². The van der Waals surface area contributed by atoms with E-state index in [0.717, 1.165) is 0 Å². The molecule has 0 saturated carbocycles. The molecule has 0 unspecified atom stereocenters. The molecule has 0 aromatic carbocycles. The molecule has 8 nitrogen and oxygen atoms in total. The van der Waals surface area contributed by atoms with Gasteiger partial charge in [-0.25, -0.2) is 19.8 Å². The highest BCUT2D eigenvalue weighted by Crippen LogP contribution is 2.14. The first-order valence-electron chi connectivity index (χ1n) is 7.04. The first kappa shape index (κ1) is 16.2. The summed E-state index contributed by atoms with van der Waals surface area (Å²) in [5.74, 6) is -0.413. The van der Waals surface area contributed by atoms with Crippen molar-refractivity contribution in [2.75, 3.05) is 26.3 Å². The molecule has 1 aliphatic heterocycles.